The van der Waals surface area contributed by atoms with Gasteiger partial charge in [0.25, 0.3) is 3.90 Å². The van der Waals surface area contributed by atoms with Crippen LogP contribution in [0.2, 0.25) is 0 Å². The molecule has 0 unspecified atom stereocenters. The van der Waals surface area contributed by atoms with Gasteiger partial charge in [-0.1, -0.05) is 13.8 Å². The van der Waals surface area contributed by atoms with Gasteiger partial charge < -0.3 is 13.9 Å². The van der Waals surface area contributed by atoms with Crippen LogP contribution in [0.1, 0.15) is 26.7 Å². The molecule has 0 aliphatic rings. The zero-order valence-corrected chi connectivity index (χ0v) is 13.8. The topological polar surface area (TPSA) is 44.5 Å². The summed E-state index contributed by atoms with van der Waals surface area (Å²) in [6, 6.07) is 5.85. The lowest BCUT2D eigenvalue weighted by atomic mass is 10.1. The van der Waals surface area contributed by atoms with E-state index < -0.39 is 0 Å². The second-order valence-electron chi connectivity index (χ2n) is 4.34. The first-order chi connectivity index (χ1) is 9.74. The number of hydrogen-bond donors (Lipinski definition) is 0. The highest BCUT2D eigenvalue weighted by molar-refractivity contribution is 14.1. The summed E-state index contributed by atoms with van der Waals surface area (Å²) in [7, 11) is 0. The van der Waals surface area contributed by atoms with Gasteiger partial charge in [0.1, 0.15) is 12.0 Å². The standard InChI is InChI=1S/C15H18INO3/c1-3-7-18-13-6-5-11(9-14(13)19-8-4-2)12-10-20-15(16)17-12/h5-6,9-10H,3-4,7-8H2,1-2H3. The van der Waals surface area contributed by atoms with Crippen molar-refractivity contribution in [1.29, 1.82) is 0 Å². The van der Waals surface area contributed by atoms with Gasteiger partial charge in [-0.15, -0.1) is 0 Å². The minimum atomic E-state index is 0.625. The Hall–Kier alpha value is -1.24. The average Bonchev–Trinajstić information content (AvgIpc) is 2.90. The van der Waals surface area contributed by atoms with E-state index in [2.05, 4.69) is 41.4 Å². The van der Waals surface area contributed by atoms with Crippen LogP contribution >= 0.6 is 22.6 Å². The summed E-state index contributed by atoms with van der Waals surface area (Å²) in [6.45, 7) is 5.51. The molecule has 1 aromatic carbocycles. The van der Waals surface area contributed by atoms with Gasteiger partial charge in [-0.05, 0) is 31.0 Å². The number of halogens is 1. The SMILES string of the molecule is CCCOc1ccc(-c2coc(I)n2)cc1OCCC. The lowest BCUT2D eigenvalue weighted by Crippen LogP contribution is -2.01. The maximum Gasteiger partial charge on any atom is 0.257 e. The van der Waals surface area contributed by atoms with Crippen molar-refractivity contribution in [3.63, 3.8) is 0 Å². The van der Waals surface area contributed by atoms with Crippen molar-refractivity contribution in [2.24, 2.45) is 0 Å². The predicted octanol–water partition coefficient (Wildman–Crippen LogP) is 4.52. The van der Waals surface area contributed by atoms with Crippen molar-refractivity contribution in [1.82, 2.24) is 4.98 Å². The summed E-state index contributed by atoms with van der Waals surface area (Å²) in [5, 5.41) is 0. The smallest absolute Gasteiger partial charge is 0.257 e. The summed E-state index contributed by atoms with van der Waals surface area (Å²) in [4.78, 5) is 4.32. The number of nitrogens with zero attached hydrogens (tertiary/aromatic N) is 1. The molecule has 0 N–H and O–H groups in total. The molecule has 0 aliphatic carbocycles. The van der Waals surface area contributed by atoms with Crippen LogP contribution in [0.4, 0.5) is 0 Å². The first kappa shape index (κ1) is 15.2. The van der Waals surface area contributed by atoms with Crippen LogP contribution in [0.15, 0.2) is 28.9 Å². The lowest BCUT2D eigenvalue weighted by molar-refractivity contribution is 0.268. The van der Waals surface area contributed by atoms with E-state index in [9.17, 15) is 0 Å². The highest BCUT2D eigenvalue weighted by Gasteiger charge is 2.10. The third-order valence-electron chi connectivity index (χ3n) is 2.64. The van der Waals surface area contributed by atoms with Gasteiger partial charge >= 0.3 is 0 Å². The summed E-state index contributed by atoms with van der Waals surface area (Å²) in [5.74, 6) is 1.54. The van der Waals surface area contributed by atoms with Gasteiger partial charge in [0.05, 0.1) is 13.2 Å². The average molecular weight is 387 g/mol. The zero-order chi connectivity index (χ0) is 14.4. The summed E-state index contributed by atoms with van der Waals surface area (Å²) in [5.41, 5.74) is 1.77. The molecule has 5 heteroatoms. The normalized spacial score (nSPS) is 10.6. The molecule has 0 saturated carbocycles. The quantitative estimate of drug-likeness (QED) is 0.656. The number of aromatic nitrogens is 1. The Labute approximate surface area is 132 Å². The largest absolute Gasteiger partial charge is 0.490 e. The number of ether oxygens (including phenoxy) is 2. The predicted molar refractivity (Wildman–Crippen MR) is 86.2 cm³/mol. The first-order valence-corrected chi connectivity index (χ1v) is 7.83. The van der Waals surface area contributed by atoms with E-state index in [1.54, 1.807) is 6.26 Å². The van der Waals surface area contributed by atoms with Gasteiger partial charge in [0, 0.05) is 28.2 Å². The second kappa shape index (κ2) is 7.52. The maximum atomic E-state index is 5.77. The van der Waals surface area contributed by atoms with E-state index in [4.69, 9.17) is 13.9 Å². The molecule has 0 amide bonds. The summed E-state index contributed by atoms with van der Waals surface area (Å²) >= 11 is 2.05. The molecule has 2 aromatic rings. The maximum absolute atomic E-state index is 5.77. The van der Waals surface area contributed by atoms with Gasteiger partial charge in [0.15, 0.2) is 11.5 Å². The monoisotopic (exact) mass is 387 g/mol. The van der Waals surface area contributed by atoms with E-state index in [0.717, 1.165) is 35.6 Å². The molecular formula is C15H18INO3. The molecule has 0 aliphatic heterocycles. The third kappa shape index (κ3) is 3.88. The number of oxazole rings is 1. The second-order valence-corrected chi connectivity index (χ2v) is 5.27. The van der Waals surface area contributed by atoms with Gasteiger partial charge in [-0.25, -0.2) is 4.98 Å². The Morgan fingerprint density at radius 1 is 1.10 bits per heavy atom. The van der Waals surface area contributed by atoms with Crippen molar-refractivity contribution in [2.45, 2.75) is 26.7 Å². The molecule has 108 valence electrons. The van der Waals surface area contributed by atoms with Crippen LogP contribution < -0.4 is 9.47 Å². The Bertz CT molecular complexity index is 554. The fraction of sp³-hybridized carbons (Fsp3) is 0.400. The molecule has 0 saturated heterocycles. The van der Waals surface area contributed by atoms with Crippen molar-refractivity contribution in [2.75, 3.05) is 13.2 Å². The van der Waals surface area contributed by atoms with Crippen molar-refractivity contribution < 1.29 is 13.9 Å². The van der Waals surface area contributed by atoms with Crippen LogP contribution in [-0.2, 0) is 0 Å². The summed E-state index contributed by atoms with van der Waals surface area (Å²) in [6.07, 6.45) is 3.57. The number of rotatable bonds is 7. The molecule has 0 spiro atoms. The van der Waals surface area contributed by atoms with E-state index >= 15 is 0 Å². The van der Waals surface area contributed by atoms with Crippen molar-refractivity contribution in [3.05, 3.63) is 28.4 Å². The Morgan fingerprint density at radius 2 is 1.80 bits per heavy atom. The van der Waals surface area contributed by atoms with Crippen LogP contribution in [0.5, 0.6) is 11.5 Å². The Balaban J connectivity index is 2.26. The third-order valence-corrected chi connectivity index (χ3v) is 3.13. The number of benzene rings is 1. The molecule has 0 radical (unpaired) electrons. The number of hydrogen-bond acceptors (Lipinski definition) is 4. The van der Waals surface area contributed by atoms with Crippen molar-refractivity contribution >= 4 is 22.6 Å². The molecule has 1 aromatic heterocycles. The van der Waals surface area contributed by atoms with Gasteiger partial charge in [-0.3, -0.25) is 0 Å². The van der Waals surface area contributed by atoms with Crippen LogP contribution in [0.3, 0.4) is 0 Å². The molecule has 1 heterocycles. The Morgan fingerprint density at radius 3 is 2.40 bits per heavy atom. The van der Waals surface area contributed by atoms with Crippen molar-refractivity contribution in [3.8, 4) is 22.8 Å². The van der Waals surface area contributed by atoms with E-state index in [1.807, 2.05) is 18.2 Å². The minimum Gasteiger partial charge on any atom is -0.490 e. The molecule has 2 rings (SSSR count). The van der Waals surface area contributed by atoms with E-state index in [0.29, 0.717) is 17.1 Å². The lowest BCUT2D eigenvalue weighted by Gasteiger charge is -2.12. The van der Waals surface area contributed by atoms with Crippen LogP contribution in [0.25, 0.3) is 11.3 Å². The molecule has 0 fully saturated rings. The van der Waals surface area contributed by atoms with Gasteiger partial charge in [-0.2, -0.15) is 0 Å². The van der Waals surface area contributed by atoms with E-state index in [-0.39, 0.29) is 0 Å². The zero-order valence-electron chi connectivity index (χ0n) is 11.7. The molecular weight excluding hydrogens is 369 g/mol. The fourth-order valence-corrected chi connectivity index (χ4v) is 2.09. The van der Waals surface area contributed by atoms with Gasteiger partial charge in [0.2, 0.25) is 0 Å². The summed E-state index contributed by atoms with van der Waals surface area (Å²) < 4.78 is 17.3. The highest BCUT2D eigenvalue weighted by atomic mass is 127. The molecule has 20 heavy (non-hydrogen) atoms. The molecule has 4 nitrogen and oxygen atoms in total. The van der Waals surface area contributed by atoms with Crippen LogP contribution in [0, 0.1) is 3.90 Å². The first-order valence-electron chi connectivity index (χ1n) is 6.75. The minimum absolute atomic E-state index is 0.625. The van der Waals surface area contributed by atoms with E-state index in [1.165, 1.54) is 0 Å². The molecule has 0 atom stereocenters. The fourth-order valence-electron chi connectivity index (χ4n) is 1.71. The molecule has 0 bridgehead atoms. The Kier molecular flexibility index (Phi) is 5.70. The highest BCUT2D eigenvalue weighted by Crippen LogP contribution is 2.33. The van der Waals surface area contributed by atoms with Crippen LogP contribution in [-0.4, -0.2) is 18.2 Å².